The summed E-state index contributed by atoms with van der Waals surface area (Å²) in [5.41, 5.74) is 4.03. The Balaban J connectivity index is 2.20. The van der Waals surface area contributed by atoms with E-state index in [1.807, 2.05) is 49.6 Å². The van der Waals surface area contributed by atoms with E-state index in [4.69, 9.17) is 9.47 Å². The molecule has 7 nitrogen and oxygen atoms in total. The van der Waals surface area contributed by atoms with Crippen molar-refractivity contribution in [3.8, 4) is 11.8 Å². The van der Waals surface area contributed by atoms with Gasteiger partial charge in [-0.25, -0.2) is 4.79 Å². The Morgan fingerprint density at radius 3 is 2.48 bits per heavy atom. The van der Waals surface area contributed by atoms with Crippen LogP contribution in [0.15, 0.2) is 35.9 Å². The van der Waals surface area contributed by atoms with E-state index in [1.165, 1.54) is 0 Å². The molecule has 31 heavy (non-hydrogen) atoms. The zero-order chi connectivity index (χ0) is 22.8. The number of aryl methyl sites for hydroxylation is 1. The Morgan fingerprint density at radius 2 is 1.87 bits per heavy atom. The number of ether oxygens (including phenoxy) is 2. The van der Waals surface area contributed by atoms with Crippen LogP contribution in [0.2, 0.25) is 0 Å². The van der Waals surface area contributed by atoms with Crippen molar-refractivity contribution in [2.75, 3.05) is 26.4 Å². The molecular formula is C24H29N3O4. The lowest BCUT2D eigenvalue weighted by Gasteiger charge is -2.10. The van der Waals surface area contributed by atoms with Gasteiger partial charge < -0.3 is 19.4 Å². The van der Waals surface area contributed by atoms with Gasteiger partial charge in [-0.3, -0.25) is 4.79 Å². The van der Waals surface area contributed by atoms with E-state index >= 15 is 0 Å². The summed E-state index contributed by atoms with van der Waals surface area (Å²) in [4.78, 5) is 24.2. The molecule has 7 heteroatoms. The number of hydrogen-bond acceptors (Lipinski definition) is 5. The van der Waals surface area contributed by atoms with Gasteiger partial charge in [0.25, 0.3) is 5.91 Å². The van der Waals surface area contributed by atoms with Crippen molar-refractivity contribution in [3.05, 3.63) is 58.4 Å². The van der Waals surface area contributed by atoms with Crippen molar-refractivity contribution in [2.45, 2.75) is 34.1 Å². The van der Waals surface area contributed by atoms with E-state index in [1.54, 1.807) is 25.1 Å². The van der Waals surface area contributed by atoms with Crippen LogP contribution < -0.4 is 5.32 Å². The third-order valence-electron chi connectivity index (χ3n) is 4.73. The minimum atomic E-state index is -0.400. The van der Waals surface area contributed by atoms with Gasteiger partial charge in [-0.05, 0) is 76.1 Å². The largest absolute Gasteiger partial charge is 0.462 e. The lowest BCUT2D eigenvalue weighted by atomic mass is 10.1. The average Bonchev–Trinajstić information content (AvgIpc) is 3.04. The van der Waals surface area contributed by atoms with Crippen molar-refractivity contribution >= 4 is 18.0 Å². The number of amides is 1. The van der Waals surface area contributed by atoms with Crippen molar-refractivity contribution in [3.63, 3.8) is 0 Å². The van der Waals surface area contributed by atoms with Crippen LogP contribution in [0, 0.1) is 25.2 Å². The Hall–Kier alpha value is -3.37. The summed E-state index contributed by atoms with van der Waals surface area (Å²) in [5, 5.41) is 12.2. The Labute approximate surface area is 183 Å². The number of hydrogen-bond donors (Lipinski definition) is 1. The van der Waals surface area contributed by atoms with Crippen molar-refractivity contribution in [1.29, 1.82) is 5.26 Å². The van der Waals surface area contributed by atoms with Gasteiger partial charge in [0.05, 0.1) is 12.2 Å². The molecule has 0 spiro atoms. The van der Waals surface area contributed by atoms with E-state index in [2.05, 4.69) is 5.32 Å². The molecule has 0 saturated carbocycles. The van der Waals surface area contributed by atoms with Gasteiger partial charge >= 0.3 is 5.97 Å². The Morgan fingerprint density at radius 1 is 1.16 bits per heavy atom. The second-order valence-electron chi connectivity index (χ2n) is 6.91. The molecule has 0 aliphatic heterocycles. The predicted octanol–water partition coefficient (Wildman–Crippen LogP) is 3.72. The molecule has 2 rings (SSSR count). The van der Waals surface area contributed by atoms with Crippen LogP contribution in [0.25, 0.3) is 11.8 Å². The normalized spacial score (nSPS) is 11.1. The molecule has 0 bridgehead atoms. The highest BCUT2D eigenvalue weighted by Gasteiger charge is 2.14. The van der Waals surface area contributed by atoms with Crippen LogP contribution in [-0.2, 0) is 14.3 Å². The van der Waals surface area contributed by atoms with E-state index in [-0.39, 0.29) is 11.5 Å². The molecule has 2 aromatic rings. The first-order valence-electron chi connectivity index (χ1n) is 10.4. The minimum Gasteiger partial charge on any atom is -0.462 e. The molecular weight excluding hydrogens is 394 g/mol. The first kappa shape index (κ1) is 23.9. The first-order chi connectivity index (χ1) is 14.9. The van der Waals surface area contributed by atoms with Gasteiger partial charge in [-0.1, -0.05) is 0 Å². The number of nitrogens with one attached hydrogen (secondary N) is 1. The molecule has 1 heterocycles. The highest BCUT2D eigenvalue weighted by atomic mass is 16.5. The number of rotatable bonds is 10. The third kappa shape index (κ3) is 6.30. The van der Waals surface area contributed by atoms with Gasteiger partial charge in [0.1, 0.15) is 11.6 Å². The first-order valence-corrected chi connectivity index (χ1v) is 10.4. The summed E-state index contributed by atoms with van der Waals surface area (Å²) in [6.07, 6.45) is 2.29. The van der Waals surface area contributed by atoms with Crippen LogP contribution in [0.1, 0.15) is 47.6 Å². The number of nitrogens with zero attached hydrogens (tertiary/aromatic N) is 2. The molecule has 0 aliphatic carbocycles. The zero-order valence-electron chi connectivity index (χ0n) is 18.5. The monoisotopic (exact) mass is 423 g/mol. The van der Waals surface area contributed by atoms with E-state index in [9.17, 15) is 14.9 Å². The fourth-order valence-corrected chi connectivity index (χ4v) is 3.21. The molecule has 0 radical (unpaired) electrons. The Kier molecular flexibility index (Phi) is 9.04. The zero-order valence-corrected chi connectivity index (χ0v) is 18.5. The van der Waals surface area contributed by atoms with Crippen molar-refractivity contribution < 1.29 is 19.1 Å². The van der Waals surface area contributed by atoms with E-state index in [0.717, 1.165) is 22.6 Å². The average molecular weight is 424 g/mol. The number of carbonyl (C=O) groups excluding carboxylic acids is 2. The SMILES string of the molecule is CCOCCCNC(=O)/C(C#N)=C/c1cc(C)n(-c2ccc(C(=O)OCC)cc2)c1C. The fourth-order valence-electron chi connectivity index (χ4n) is 3.21. The molecule has 0 fully saturated rings. The maximum Gasteiger partial charge on any atom is 0.338 e. The molecule has 0 atom stereocenters. The number of carbonyl (C=O) groups is 2. The van der Waals surface area contributed by atoms with Gasteiger partial charge in [-0.15, -0.1) is 0 Å². The van der Waals surface area contributed by atoms with E-state index < -0.39 is 5.91 Å². The van der Waals surface area contributed by atoms with Gasteiger partial charge in [0.15, 0.2) is 0 Å². The van der Waals surface area contributed by atoms with Crippen LogP contribution in [0.4, 0.5) is 0 Å². The van der Waals surface area contributed by atoms with E-state index in [0.29, 0.717) is 38.3 Å². The summed E-state index contributed by atoms with van der Waals surface area (Å²) in [6, 6.07) is 11.0. The maximum atomic E-state index is 12.3. The second kappa shape index (κ2) is 11.7. The highest BCUT2D eigenvalue weighted by Crippen LogP contribution is 2.23. The standard InChI is InChI=1S/C24H29N3O4/c1-5-30-13-7-12-26-23(28)21(16-25)15-20-14-17(3)27(18(20)4)22-10-8-19(9-11-22)24(29)31-6-2/h8-11,14-15H,5-7,12-13H2,1-4H3,(H,26,28)/b21-15+. The highest BCUT2D eigenvalue weighted by molar-refractivity contribution is 6.01. The lowest BCUT2D eigenvalue weighted by molar-refractivity contribution is -0.117. The summed E-state index contributed by atoms with van der Waals surface area (Å²) in [6.45, 7) is 9.54. The summed E-state index contributed by atoms with van der Waals surface area (Å²) < 4.78 is 12.3. The van der Waals surface area contributed by atoms with Crippen LogP contribution >= 0.6 is 0 Å². The maximum absolute atomic E-state index is 12.3. The number of esters is 1. The summed E-state index contributed by atoms with van der Waals surface area (Å²) >= 11 is 0. The second-order valence-corrected chi connectivity index (χ2v) is 6.91. The third-order valence-corrected chi connectivity index (χ3v) is 4.73. The van der Waals surface area contributed by atoms with Crippen molar-refractivity contribution in [1.82, 2.24) is 9.88 Å². The van der Waals surface area contributed by atoms with Crippen LogP contribution in [0.3, 0.4) is 0 Å². The number of aromatic nitrogens is 1. The molecule has 1 amide bonds. The predicted molar refractivity (Wildman–Crippen MR) is 119 cm³/mol. The molecule has 0 saturated heterocycles. The molecule has 1 aromatic heterocycles. The van der Waals surface area contributed by atoms with Crippen LogP contribution in [0.5, 0.6) is 0 Å². The summed E-state index contributed by atoms with van der Waals surface area (Å²) in [7, 11) is 0. The summed E-state index contributed by atoms with van der Waals surface area (Å²) in [5.74, 6) is -0.757. The van der Waals surface area contributed by atoms with Gasteiger partial charge in [0.2, 0.25) is 0 Å². The molecule has 1 N–H and O–H groups in total. The molecule has 0 unspecified atom stereocenters. The number of nitriles is 1. The lowest BCUT2D eigenvalue weighted by Crippen LogP contribution is -2.26. The minimum absolute atomic E-state index is 0.0503. The van der Waals surface area contributed by atoms with Gasteiger partial charge in [-0.2, -0.15) is 5.26 Å². The van der Waals surface area contributed by atoms with Gasteiger partial charge in [0, 0.05) is 36.8 Å². The van der Waals surface area contributed by atoms with Crippen LogP contribution in [-0.4, -0.2) is 42.8 Å². The molecule has 0 aliphatic rings. The molecule has 1 aromatic carbocycles. The quantitative estimate of drug-likeness (QED) is 0.272. The smallest absolute Gasteiger partial charge is 0.338 e. The Bertz CT molecular complexity index is 981. The fraction of sp³-hybridized carbons (Fsp3) is 0.375. The topological polar surface area (TPSA) is 93.4 Å². The van der Waals surface area contributed by atoms with Crippen molar-refractivity contribution in [2.24, 2.45) is 0 Å². The number of benzene rings is 1. The molecule has 164 valence electrons.